The van der Waals surface area contributed by atoms with Crippen LogP contribution in [0.5, 0.6) is 0 Å². The first-order valence-electron chi connectivity index (χ1n) is 4.75. The number of nitrogens with two attached hydrogens (primary N) is 1. The summed E-state index contributed by atoms with van der Waals surface area (Å²) in [4.78, 5) is 11.2. The molecule has 1 saturated heterocycles. The summed E-state index contributed by atoms with van der Waals surface area (Å²) >= 11 is 1.95. The summed E-state index contributed by atoms with van der Waals surface area (Å²) in [6, 6.07) is 7.69. The van der Waals surface area contributed by atoms with Crippen LogP contribution in [0, 0.1) is 0 Å². The van der Waals surface area contributed by atoms with E-state index in [4.69, 9.17) is 5.73 Å². The van der Waals surface area contributed by atoms with Gasteiger partial charge in [-0.05, 0) is 29.7 Å². The van der Waals surface area contributed by atoms with Crippen LogP contribution in [0.25, 0.3) is 0 Å². The fraction of sp³-hybridized carbons (Fsp3) is 0.364. The first-order valence-corrected chi connectivity index (χ1v) is 5.91. The maximum absolute atomic E-state index is 11.2. The molecular weight excluding hydrogens is 194 g/mol. The van der Waals surface area contributed by atoms with Gasteiger partial charge in [-0.3, -0.25) is 4.79 Å². The Balaban J connectivity index is 2.35. The monoisotopic (exact) mass is 207 g/mol. The van der Waals surface area contributed by atoms with Gasteiger partial charge in [0, 0.05) is 11.3 Å². The van der Waals surface area contributed by atoms with Crippen molar-refractivity contribution in [2.45, 2.75) is 12.3 Å². The topological polar surface area (TPSA) is 43.1 Å². The summed E-state index contributed by atoms with van der Waals surface area (Å²) in [6.45, 7) is 0. The lowest BCUT2D eigenvalue weighted by Gasteiger charge is -2.11. The van der Waals surface area contributed by atoms with Crippen molar-refractivity contribution in [2.24, 2.45) is 5.73 Å². The van der Waals surface area contributed by atoms with Gasteiger partial charge in [0.1, 0.15) is 0 Å². The number of carbonyl (C=O) groups excluding carboxylic acids is 1. The molecule has 1 amide bonds. The second-order valence-corrected chi connectivity index (χ2v) is 4.66. The van der Waals surface area contributed by atoms with E-state index in [2.05, 4.69) is 0 Å². The van der Waals surface area contributed by atoms with E-state index in [9.17, 15) is 4.79 Å². The molecule has 1 aliphatic rings. The molecule has 14 heavy (non-hydrogen) atoms. The fourth-order valence-corrected chi connectivity index (χ4v) is 3.11. The number of benzene rings is 1. The summed E-state index contributed by atoms with van der Waals surface area (Å²) in [5.74, 6) is 2.52. The molecule has 1 heterocycles. The predicted octanol–water partition coefficient (Wildman–Crippen LogP) is 2.01. The van der Waals surface area contributed by atoms with Crippen molar-refractivity contribution in [3.05, 3.63) is 35.4 Å². The number of rotatable bonds is 2. The van der Waals surface area contributed by atoms with Crippen molar-refractivity contribution in [2.75, 3.05) is 11.5 Å². The van der Waals surface area contributed by atoms with Gasteiger partial charge in [-0.25, -0.2) is 0 Å². The molecule has 1 fully saturated rings. The third-order valence-corrected chi connectivity index (χ3v) is 3.76. The Bertz CT molecular complexity index is 345. The van der Waals surface area contributed by atoms with Crippen molar-refractivity contribution in [3.63, 3.8) is 0 Å². The zero-order valence-corrected chi connectivity index (χ0v) is 8.72. The van der Waals surface area contributed by atoms with Crippen molar-refractivity contribution in [1.82, 2.24) is 0 Å². The number of amides is 1. The van der Waals surface area contributed by atoms with Crippen LogP contribution in [0.15, 0.2) is 24.3 Å². The van der Waals surface area contributed by atoms with E-state index in [1.807, 2.05) is 36.0 Å². The number of primary amides is 1. The van der Waals surface area contributed by atoms with E-state index in [-0.39, 0.29) is 5.91 Å². The molecule has 0 bridgehead atoms. The number of carbonyl (C=O) groups is 1. The molecule has 1 aromatic carbocycles. The summed E-state index contributed by atoms with van der Waals surface area (Å²) in [5.41, 5.74) is 7.16. The van der Waals surface area contributed by atoms with Gasteiger partial charge in [-0.1, -0.05) is 18.2 Å². The zero-order valence-electron chi connectivity index (χ0n) is 7.90. The lowest BCUT2D eigenvalue weighted by atomic mass is 9.93. The van der Waals surface area contributed by atoms with Gasteiger partial charge < -0.3 is 5.73 Å². The van der Waals surface area contributed by atoms with E-state index in [1.165, 1.54) is 5.75 Å². The second kappa shape index (κ2) is 4.05. The summed E-state index contributed by atoms with van der Waals surface area (Å²) in [6.07, 6.45) is 1.16. The first kappa shape index (κ1) is 9.59. The van der Waals surface area contributed by atoms with Gasteiger partial charge in [-0.2, -0.15) is 11.8 Å². The van der Waals surface area contributed by atoms with Gasteiger partial charge in [0.05, 0.1) is 0 Å². The third-order valence-electron chi connectivity index (χ3n) is 2.60. The van der Waals surface area contributed by atoms with Crippen LogP contribution in [0.4, 0.5) is 0 Å². The van der Waals surface area contributed by atoms with Crippen LogP contribution in [-0.2, 0) is 0 Å². The van der Waals surface area contributed by atoms with Crippen LogP contribution in [-0.4, -0.2) is 17.4 Å². The predicted molar refractivity (Wildman–Crippen MR) is 59.6 cm³/mol. The molecule has 3 heteroatoms. The van der Waals surface area contributed by atoms with E-state index >= 15 is 0 Å². The highest BCUT2D eigenvalue weighted by molar-refractivity contribution is 7.99. The van der Waals surface area contributed by atoms with E-state index in [1.54, 1.807) is 0 Å². The largest absolute Gasteiger partial charge is 0.366 e. The first-order chi connectivity index (χ1) is 6.79. The minimum Gasteiger partial charge on any atom is -0.366 e. The highest BCUT2D eigenvalue weighted by Gasteiger charge is 2.21. The van der Waals surface area contributed by atoms with Gasteiger partial charge in [-0.15, -0.1) is 0 Å². The smallest absolute Gasteiger partial charge is 0.248 e. The SMILES string of the molecule is NC(=O)c1ccccc1C1CCSC1. The van der Waals surface area contributed by atoms with Crippen molar-refractivity contribution in [3.8, 4) is 0 Å². The summed E-state index contributed by atoms with van der Waals surface area (Å²) in [7, 11) is 0. The molecule has 1 aliphatic heterocycles. The molecular formula is C11H13NOS. The Hall–Kier alpha value is -0.960. The Morgan fingerprint density at radius 1 is 1.43 bits per heavy atom. The van der Waals surface area contributed by atoms with Gasteiger partial charge in [0.25, 0.3) is 0 Å². The quantitative estimate of drug-likeness (QED) is 0.806. The van der Waals surface area contributed by atoms with Gasteiger partial charge in [0.15, 0.2) is 0 Å². The molecule has 0 spiro atoms. The molecule has 1 unspecified atom stereocenters. The average molecular weight is 207 g/mol. The Kier molecular flexibility index (Phi) is 2.77. The maximum Gasteiger partial charge on any atom is 0.248 e. The van der Waals surface area contributed by atoms with Gasteiger partial charge in [0.2, 0.25) is 5.91 Å². The number of hydrogen-bond acceptors (Lipinski definition) is 2. The number of thioether (sulfide) groups is 1. The lowest BCUT2D eigenvalue weighted by Crippen LogP contribution is -2.15. The van der Waals surface area contributed by atoms with E-state index in [0.29, 0.717) is 11.5 Å². The minimum absolute atomic E-state index is 0.308. The normalized spacial score (nSPS) is 21.0. The molecule has 0 aliphatic carbocycles. The minimum atomic E-state index is -0.308. The van der Waals surface area contributed by atoms with Crippen LogP contribution in [0.1, 0.15) is 28.3 Å². The molecule has 74 valence electrons. The zero-order chi connectivity index (χ0) is 9.97. The molecule has 1 atom stereocenters. The van der Waals surface area contributed by atoms with Crippen LogP contribution in [0.2, 0.25) is 0 Å². The van der Waals surface area contributed by atoms with E-state index < -0.39 is 0 Å². The Morgan fingerprint density at radius 2 is 2.21 bits per heavy atom. The Labute approximate surface area is 87.9 Å². The summed E-state index contributed by atoms with van der Waals surface area (Å²) in [5, 5.41) is 0. The van der Waals surface area contributed by atoms with Crippen molar-refractivity contribution < 1.29 is 4.79 Å². The lowest BCUT2D eigenvalue weighted by molar-refractivity contribution is 0.0999. The molecule has 0 aromatic heterocycles. The number of hydrogen-bond donors (Lipinski definition) is 1. The molecule has 2 rings (SSSR count). The van der Waals surface area contributed by atoms with Crippen LogP contribution < -0.4 is 5.73 Å². The molecule has 1 aromatic rings. The van der Waals surface area contributed by atoms with Crippen LogP contribution >= 0.6 is 11.8 Å². The second-order valence-electron chi connectivity index (χ2n) is 3.51. The van der Waals surface area contributed by atoms with Crippen LogP contribution in [0.3, 0.4) is 0 Å². The third kappa shape index (κ3) is 1.77. The average Bonchev–Trinajstić information content (AvgIpc) is 2.70. The van der Waals surface area contributed by atoms with E-state index in [0.717, 1.165) is 17.7 Å². The molecule has 2 N–H and O–H groups in total. The fourth-order valence-electron chi connectivity index (χ4n) is 1.86. The molecule has 0 radical (unpaired) electrons. The highest BCUT2D eigenvalue weighted by Crippen LogP contribution is 2.33. The molecule has 0 saturated carbocycles. The Morgan fingerprint density at radius 3 is 2.86 bits per heavy atom. The maximum atomic E-state index is 11.2. The summed E-state index contributed by atoms with van der Waals surface area (Å²) < 4.78 is 0. The highest BCUT2D eigenvalue weighted by atomic mass is 32.2. The van der Waals surface area contributed by atoms with Gasteiger partial charge >= 0.3 is 0 Å². The van der Waals surface area contributed by atoms with Crippen molar-refractivity contribution in [1.29, 1.82) is 0 Å². The van der Waals surface area contributed by atoms with Crippen molar-refractivity contribution >= 4 is 17.7 Å². The molecule has 2 nitrogen and oxygen atoms in total. The standard InChI is InChI=1S/C11H13NOS/c12-11(13)10-4-2-1-3-9(10)8-5-6-14-7-8/h1-4,8H,5-7H2,(H2,12,13).